The number of alkyl halides is 2. The van der Waals surface area contributed by atoms with Gasteiger partial charge in [0.1, 0.15) is 0 Å². The fraction of sp³-hybridized carbons (Fsp3) is 0.333. The lowest BCUT2D eigenvalue weighted by molar-refractivity contribution is -0.136. The van der Waals surface area contributed by atoms with Crippen molar-refractivity contribution in [2.24, 2.45) is 0 Å². The highest BCUT2D eigenvalue weighted by Gasteiger charge is 2.32. The molecule has 1 aromatic carbocycles. The molecule has 130 valence electrons. The molecule has 0 radical (unpaired) electrons. The second-order valence-corrected chi connectivity index (χ2v) is 4.85. The summed E-state index contributed by atoms with van der Waals surface area (Å²) in [6.07, 6.45) is 0. The van der Waals surface area contributed by atoms with Crippen molar-refractivity contribution < 1.29 is 32.6 Å². The number of ether oxygens (including phenoxy) is 3. The summed E-state index contributed by atoms with van der Waals surface area (Å²) in [4.78, 5) is 23.7. The summed E-state index contributed by atoms with van der Waals surface area (Å²) in [6, 6.07) is 2.81. The average molecular weight is 342 g/mol. The van der Waals surface area contributed by atoms with Gasteiger partial charge in [0, 0.05) is 5.70 Å². The number of halogens is 2. The number of nitrogens with one attached hydrogen (secondary N) is 2. The molecule has 2 N–H and O–H groups in total. The number of hydrogen-bond acceptors (Lipinski definition) is 5. The molecule has 1 heterocycles. The second-order valence-electron chi connectivity index (χ2n) is 4.85. The van der Waals surface area contributed by atoms with Gasteiger partial charge >= 0.3 is 18.6 Å². The molecular formula is C15H16F2N2O5. The highest BCUT2D eigenvalue weighted by Crippen LogP contribution is 2.35. The van der Waals surface area contributed by atoms with E-state index < -0.39 is 24.7 Å². The van der Waals surface area contributed by atoms with Crippen molar-refractivity contribution in [3.8, 4) is 11.5 Å². The van der Waals surface area contributed by atoms with E-state index in [0.717, 1.165) is 0 Å². The maximum Gasteiger partial charge on any atom is 0.387 e. The van der Waals surface area contributed by atoms with Crippen molar-refractivity contribution >= 4 is 12.0 Å². The number of urea groups is 1. The largest absolute Gasteiger partial charge is 0.493 e. The molecule has 0 saturated heterocycles. The molecule has 7 nitrogen and oxygen atoms in total. The molecule has 1 aliphatic rings. The van der Waals surface area contributed by atoms with Crippen LogP contribution in [0.3, 0.4) is 0 Å². The third-order valence-electron chi connectivity index (χ3n) is 3.41. The maximum absolute atomic E-state index is 12.4. The van der Waals surface area contributed by atoms with Crippen LogP contribution in [0.1, 0.15) is 18.5 Å². The SMILES string of the molecule is COC(=O)C1=C(C)NC(=O)N[C@H]1c1ccc(OC(F)F)c(OC)c1. The molecule has 0 spiro atoms. The molecule has 0 aliphatic carbocycles. The minimum atomic E-state index is -3.00. The Morgan fingerprint density at radius 1 is 1.25 bits per heavy atom. The van der Waals surface area contributed by atoms with Gasteiger partial charge in [0.05, 0.1) is 25.8 Å². The molecule has 9 heteroatoms. The van der Waals surface area contributed by atoms with Gasteiger partial charge in [0.25, 0.3) is 0 Å². The van der Waals surface area contributed by atoms with Crippen molar-refractivity contribution in [1.29, 1.82) is 0 Å². The number of esters is 1. The molecular weight excluding hydrogens is 326 g/mol. The zero-order valence-corrected chi connectivity index (χ0v) is 13.2. The number of methoxy groups -OCH3 is 2. The summed E-state index contributed by atoms with van der Waals surface area (Å²) >= 11 is 0. The van der Waals surface area contributed by atoms with Crippen LogP contribution < -0.4 is 20.1 Å². The van der Waals surface area contributed by atoms with Crippen LogP contribution in [0.25, 0.3) is 0 Å². The van der Waals surface area contributed by atoms with Crippen LogP contribution >= 0.6 is 0 Å². The Balaban J connectivity index is 2.46. The Morgan fingerprint density at radius 2 is 1.96 bits per heavy atom. The lowest BCUT2D eigenvalue weighted by Crippen LogP contribution is -2.45. The van der Waals surface area contributed by atoms with Crippen molar-refractivity contribution in [3.63, 3.8) is 0 Å². The predicted octanol–water partition coefficient (Wildman–Crippen LogP) is 2.10. The third kappa shape index (κ3) is 3.55. The summed E-state index contributed by atoms with van der Waals surface area (Å²) in [7, 11) is 2.51. The van der Waals surface area contributed by atoms with Gasteiger partial charge < -0.3 is 24.8 Å². The first-order valence-corrected chi connectivity index (χ1v) is 6.86. The Hall–Kier alpha value is -2.84. The highest BCUT2D eigenvalue weighted by molar-refractivity contribution is 5.94. The van der Waals surface area contributed by atoms with Crippen molar-refractivity contribution in [1.82, 2.24) is 10.6 Å². The Morgan fingerprint density at radius 3 is 2.54 bits per heavy atom. The second kappa shape index (κ2) is 7.16. The number of benzene rings is 1. The van der Waals surface area contributed by atoms with E-state index in [4.69, 9.17) is 9.47 Å². The van der Waals surface area contributed by atoms with Gasteiger partial charge in [0.15, 0.2) is 11.5 Å². The lowest BCUT2D eigenvalue weighted by Gasteiger charge is -2.28. The van der Waals surface area contributed by atoms with E-state index in [1.54, 1.807) is 6.92 Å². The Bertz CT molecular complexity index is 690. The van der Waals surface area contributed by atoms with Gasteiger partial charge in [-0.3, -0.25) is 0 Å². The third-order valence-corrected chi connectivity index (χ3v) is 3.41. The van der Waals surface area contributed by atoms with Gasteiger partial charge in [-0.2, -0.15) is 8.78 Å². The lowest BCUT2D eigenvalue weighted by atomic mass is 9.95. The summed E-state index contributed by atoms with van der Waals surface area (Å²) in [5, 5.41) is 5.07. The summed E-state index contributed by atoms with van der Waals surface area (Å²) in [5.41, 5.74) is 0.979. The minimum absolute atomic E-state index is 0.0439. The van der Waals surface area contributed by atoms with Gasteiger partial charge in [0.2, 0.25) is 0 Å². The molecule has 1 aliphatic heterocycles. The smallest absolute Gasteiger partial charge is 0.387 e. The molecule has 24 heavy (non-hydrogen) atoms. The van der Waals surface area contributed by atoms with Gasteiger partial charge in [-0.1, -0.05) is 6.07 Å². The first-order valence-electron chi connectivity index (χ1n) is 6.86. The monoisotopic (exact) mass is 342 g/mol. The van der Waals surface area contributed by atoms with Crippen LogP contribution in [-0.4, -0.2) is 32.8 Å². The Labute approximate surface area is 136 Å². The van der Waals surface area contributed by atoms with Crippen molar-refractivity contribution in [2.75, 3.05) is 14.2 Å². The van der Waals surface area contributed by atoms with Crippen LogP contribution in [-0.2, 0) is 9.53 Å². The number of hydrogen-bond donors (Lipinski definition) is 2. The summed E-state index contributed by atoms with van der Waals surface area (Å²) in [6.45, 7) is -1.44. The molecule has 2 amide bonds. The van der Waals surface area contributed by atoms with E-state index in [1.165, 1.54) is 32.4 Å². The fourth-order valence-electron chi connectivity index (χ4n) is 2.38. The fourth-order valence-corrected chi connectivity index (χ4v) is 2.38. The van der Waals surface area contributed by atoms with E-state index in [-0.39, 0.29) is 17.1 Å². The average Bonchev–Trinajstić information content (AvgIpc) is 2.53. The summed E-state index contributed by atoms with van der Waals surface area (Å²) in [5.74, 6) is -0.740. The molecule has 1 aromatic rings. The molecule has 1 atom stereocenters. The maximum atomic E-state index is 12.4. The molecule has 0 saturated carbocycles. The van der Waals surface area contributed by atoms with Gasteiger partial charge in [-0.05, 0) is 24.6 Å². The number of allylic oxidation sites excluding steroid dienone is 1. The van der Waals surface area contributed by atoms with E-state index in [9.17, 15) is 18.4 Å². The molecule has 0 unspecified atom stereocenters. The number of carbonyl (C=O) groups is 2. The first-order chi connectivity index (χ1) is 11.4. The standard InChI is InChI=1S/C15H16F2N2O5/c1-7-11(13(20)23-3)12(19-15(21)18-7)8-4-5-9(24-14(16)17)10(6-8)22-2/h4-6,12,14H,1-3H3,(H2,18,19,21)/t12-/m0/s1. The zero-order chi connectivity index (χ0) is 17.9. The molecule has 0 aromatic heterocycles. The quantitative estimate of drug-likeness (QED) is 0.801. The van der Waals surface area contributed by atoms with E-state index in [2.05, 4.69) is 15.4 Å². The van der Waals surface area contributed by atoms with E-state index in [0.29, 0.717) is 11.3 Å². The van der Waals surface area contributed by atoms with Gasteiger partial charge in [-0.25, -0.2) is 9.59 Å². The first kappa shape index (κ1) is 17.5. The van der Waals surface area contributed by atoms with Crippen LogP contribution in [0.15, 0.2) is 29.5 Å². The topological polar surface area (TPSA) is 85.9 Å². The summed E-state index contributed by atoms with van der Waals surface area (Å²) < 4.78 is 38.9. The van der Waals surface area contributed by atoms with E-state index in [1.807, 2.05) is 0 Å². The normalized spacial score (nSPS) is 17.2. The zero-order valence-electron chi connectivity index (χ0n) is 13.2. The van der Waals surface area contributed by atoms with Crippen LogP contribution in [0, 0.1) is 0 Å². The Kier molecular flexibility index (Phi) is 5.22. The number of rotatable bonds is 5. The van der Waals surface area contributed by atoms with E-state index >= 15 is 0 Å². The van der Waals surface area contributed by atoms with Gasteiger partial charge in [-0.15, -0.1) is 0 Å². The van der Waals surface area contributed by atoms with Crippen LogP contribution in [0.4, 0.5) is 13.6 Å². The van der Waals surface area contributed by atoms with Crippen molar-refractivity contribution in [3.05, 3.63) is 35.0 Å². The van der Waals surface area contributed by atoms with Crippen molar-refractivity contribution in [2.45, 2.75) is 19.6 Å². The molecule has 0 fully saturated rings. The van der Waals surface area contributed by atoms with Crippen LogP contribution in [0.2, 0.25) is 0 Å². The molecule has 2 rings (SSSR count). The molecule has 0 bridgehead atoms. The highest BCUT2D eigenvalue weighted by atomic mass is 19.3. The minimum Gasteiger partial charge on any atom is -0.493 e. The van der Waals surface area contributed by atoms with Crippen LogP contribution in [0.5, 0.6) is 11.5 Å². The number of carbonyl (C=O) groups excluding carboxylic acids is 2. The predicted molar refractivity (Wildman–Crippen MR) is 78.8 cm³/mol. The number of amides is 2.